The summed E-state index contributed by atoms with van der Waals surface area (Å²) in [5, 5.41) is 0. The largest absolute Gasteiger partial charge is 0.243 e. The van der Waals surface area contributed by atoms with Crippen molar-refractivity contribution in [2.75, 3.05) is 19.6 Å². The number of benzene rings is 2. The van der Waals surface area contributed by atoms with Gasteiger partial charge in [-0.15, -0.1) is 0 Å². The summed E-state index contributed by atoms with van der Waals surface area (Å²) < 4.78 is 55.1. The predicted molar refractivity (Wildman–Crippen MR) is 130 cm³/mol. The van der Waals surface area contributed by atoms with Crippen LogP contribution in [0.5, 0.6) is 0 Å². The standard InChI is InChI=1S/C25H34N2O4S2/c28-32(29,24-15-11-23(12-16-24)22-7-3-1-4-8-22)26-18-17-21-9-13-25(14-10-21)33(30,31)27-19-5-2-6-20-27/h9-16,22,26H,1-8,17-20H2. The second-order valence-electron chi connectivity index (χ2n) is 9.16. The smallest absolute Gasteiger partial charge is 0.211 e. The Balaban J connectivity index is 1.32. The molecule has 0 amide bonds. The fraction of sp³-hybridized carbons (Fsp3) is 0.520. The molecule has 8 heteroatoms. The minimum absolute atomic E-state index is 0.255. The van der Waals surface area contributed by atoms with Gasteiger partial charge in [0.15, 0.2) is 0 Å². The minimum Gasteiger partial charge on any atom is -0.211 e. The van der Waals surface area contributed by atoms with Crippen LogP contribution in [0.4, 0.5) is 0 Å². The van der Waals surface area contributed by atoms with Crippen molar-refractivity contribution in [3.63, 3.8) is 0 Å². The minimum atomic E-state index is -3.58. The van der Waals surface area contributed by atoms with Crippen molar-refractivity contribution in [2.24, 2.45) is 0 Å². The summed E-state index contributed by atoms with van der Waals surface area (Å²) in [6.45, 7) is 1.41. The Morgan fingerprint density at radius 2 is 1.30 bits per heavy atom. The van der Waals surface area contributed by atoms with E-state index >= 15 is 0 Å². The Morgan fingerprint density at radius 3 is 1.94 bits per heavy atom. The molecule has 6 nitrogen and oxygen atoms in total. The van der Waals surface area contributed by atoms with Crippen LogP contribution >= 0.6 is 0 Å². The van der Waals surface area contributed by atoms with Crippen LogP contribution < -0.4 is 4.72 Å². The SMILES string of the molecule is O=S(=O)(NCCc1ccc(S(=O)(=O)N2CCCCC2)cc1)c1ccc(C2CCCCC2)cc1. The topological polar surface area (TPSA) is 83.5 Å². The molecule has 1 saturated carbocycles. The van der Waals surface area contributed by atoms with Crippen molar-refractivity contribution >= 4 is 20.0 Å². The van der Waals surface area contributed by atoms with Gasteiger partial charge in [0, 0.05) is 19.6 Å². The lowest BCUT2D eigenvalue weighted by Crippen LogP contribution is -2.35. The molecule has 0 atom stereocenters. The van der Waals surface area contributed by atoms with E-state index in [-0.39, 0.29) is 11.4 Å². The van der Waals surface area contributed by atoms with Gasteiger partial charge in [0.05, 0.1) is 9.79 Å². The quantitative estimate of drug-likeness (QED) is 0.593. The molecule has 4 rings (SSSR count). The maximum Gasteiger partial charge on any atom is 0.243 e. The molecule has 0 bridgehead atoms. The first-order valence-corrected chi connectivity index (χ1v) is 15.0. The van der Waals surface area contributed by atoms with Crippen LogP contribution in [0, 0.1) is 0 Å². The van der Waals surface area contributed by atoms with E-state index in [1.807, 2.05) is 12.1 Å². The molecule has 2 fully saturated rings. The third-order valence-corrected chi connectivity index (χ3v) is 10.2. The van der Waals surface area contributed by atoms with E-state index in [1.165, 1.54) is 37.7 Å². The molecular formula is C25H34N2O4S2. The molecular weight excluding hydrogens is 456 g/mol. The Hall–Kier alpha value is -1.74. The first kappa shape index (κ1) is 24.4. The van der Waals surface area contributed by atoms with E-state index < -0.39 is 20.0 Å². The highest BCUT2D eigenvalue weighted by Crippen LogP contribution is 2.32. The Kier molecular flexibility index (Phi) is 7.89. The highest BCUT2D eigenvalue weighted by molar-refractivity contribution is 7.89. The number of piperidine rings is 1. The molecule has 0 spiro atoms. The van der Waals surface area contributed by atoms with E-state index in [0.29, 0.717) is 30.3 Å². The third-order valence-electron chi connectivity index (χ3n) is 6.85. The van der Waals surface area contributed by atoms with E-state index in [0.717, 1.165) is 24.8 Å². The van der Waals surface area contributed by atoms with E-state index in [2.05, 4.69) is 4.72 Å². The van der Waals surface area contributed by atoms with Gasteiger partial charge in [0.2, 0.25) is 20.0 Å². The van der Waals surface area contributed by atoms with Gasteiger partial charge in [-0.1, -0.05) is 49.9 Å². The van der Waals surface area contributed by atoms with Crippen molar-refractivity contribution in [1.29, 1.82) is 0 Å². The molecule has 1 aliphatic carbocycles. The van der Waals surface area contributed by atoms with Gasteiger partial charge in [0.1, 0.15) is 0 Å². The van der Waals surface area contributed by atoms with E-state index in [1.54, 1.807) is 40.7 Å². The van der Waals surface area contributed by atoms with Gasteiger partial charge in [-0.05, 0) is 73.4 Å². The van der Waals surface area contributed by atoms with Gasteiger partial charge in [-0.3, -0.25) is 0 Å². The fourth-order valence-electron chi connectivity index (χ4n) is 4.85. The van der Waals surface area contributed by atoms with Crippen LogP contribution in [-0.2, 0) is 26.5 Å². The Bertz CT molecular complexity index is 1120. The zero-order chi connectivity index (χ0) is 23.3. The predicted octanol–water partition coefficient (Wildman–Crippen LogP) is 4.43. The number of nitrogens with one attached hydrogen (secondary N) is 1. The zero-order valence-electron chi connectivity index (χ0n) is 19.1. The molecule has 1 heterocycles. The normalized spacial score (nSPS) is 18.9. The summed E-state index contributed by atoms with van der Waals surface area (Å²) in [6, 6.07) is 14.1. The summed E-state index contributed by atoms with van der Waals surface area (Å²) in [5.41, 5.74) is 2.12. The van der Waals surface area contributed by atoms with Crippen LogP contribution in [0.15, 0.2) is 58.3 Å². The highest BCUT2D eigenvalue weighted by atomic mass is 32.2. The van der Waals surface area contributed by atoms with Crippen molar-refractivity contribution in [2.45, 2.75) is 73.5 Å². The maximum atomic E-state index is 12.8. The van der Waals surface area contributed by atoms with E-state index in [4.69, 9.17) is 0 Å². The Labute approximate surface area is 198 Å². The highest BCUT2D eigenvalue weighted by Gasteiger charge is 2.25. The molecule has 0 aromatic heterocycles. The average Bonchev–Trinajstić information content (AvgIpc) is 2.85. The molecule has 1 aliphatic heterocycles. The number of sulfonamides is 2. The summed E-state index contributed by atoms with van der Waals surface area (Å²) in [6.07, 6.45) is 9.53. The molecule has 2 aliphatic rings. The van der Waals surface area contributed by atoms with Crippen LogP contribution in [-0.4, -0.2) is 40.8 Å². The summed E-state index contributed by atoms with van der Waals surface area (Å²) in [7, 11) is -7.03. The number of nitrogens with zero attached hydrogens (tertiary/aromatic N) is 1. The first-order chi connectivity index (χ1) is 15.9. The maximum absolute atomic E-state index is 12.8. The van der Waals surface area contributed by atoms with Gasteiger partial charge in [-0.2, -0.15) is 4.31 Å². The number of rotatable bonds is 8. The van der Waals surface area contributed by atoms with Gasteiger partial charge >= 0.3 is 0 Å². The van der Waals surface area contributed by atoms with Crippen molar-refractivity contribution in [3.05, 3.63) is 59.7 Å². The van der Waals surface area contributed by atoms with Gasteiger partial charge in [-0.25, -0.2) is 21.6 Å². The third kappa shape index (κ3) is 6.04. The average molecular weight is 491 g/mol. The monoisotopic (exact) mass is 490 g/mol. The summed E-state index contributed by atoms with van der Waals surface area (Å²) in [4.78, 5) is 0.580. The van der Waals surface area contributed by atoms with Crippen molar-refractivity contribution in [1.82, 2.24) is 9.03 Å². The van der Waals surface area contributed by atoms with Gasteiger partial charge in [0.25, 0.3) is 0 Å². The van der Waals surface area contributed by atoms with Crippen LogP contribution in [0.2, 0.25) is 0 Å². The van der Waals surface area contributed by atoms with Gasteiger partial charge < -0.3 is 0 Å². The molecule has 0 unspecified atom stereocenters. The van der Waals surface area contributed by atoms with E-state index in [9.17, 15) is 16.8 Å². The first-order valence-electron chi connectivity index (χ1n) is 12.0. The number of hydrogen-bond acceptors (Lipinski definition) is 4. The van der Waals surface area contributed by atoms with Crippen LogP contribution in [0.25, 0.3) is 0 Å². The lowest BCUT2D eigenvalue weighted by molar-refractivity contribution is 0.346. The molecule has 1 N–H and O–H groups in total. The Morgan fingerprint density at radius 1 is 0.727 bits per heavy atom. The molecule has 0 radical (unpaired) electrons. The lowest BCUT2D eigenvalue weighted by atomic mass is 9.84. The van der Waals surface area contributed by atoms with Crippen molar-refractivity contribution in [3.8, 4) is 0 Å². The lowest BCUT2D eigenvalue weighted by Gasteiger charge is -2.25. The second kappa shape index (κ2) is 10.7. The fourth-order valence-corrected chi connectivity index (χ4v) is 7.40. The molecule has 33 heavy (non-hydrogen) atoms. The summed E-state index contributed by atoms with van der Waals surface area (Å²) in [5.74, 6) is 0.546. The van der Waals surface area contributed by atoms with Crippen molar-refractivity contribution < 1.29 is 16.8 Å². The number of hydrogen-bond donors (Lipinski definition) is 1. The second-order valence-corrected chi connectivity index (χ2v) is 12.9. The molecule has 1 saturated heterocycles. The zero-order valence-corrected chi connectivity index (χ0v) is 20.7. The van der Waals surface area contributed by atoms with Crippen LogP contribution in [0.3, 0.4) is 0 Å². The molecule has 180 valence electrons. The summed E-state index contributed by atoms with van der Waals surface area (Å²) >= 11 is 0. The molecule has 2 aromatic rings. The van der Waals surface area contributed by atoms with Crippen LogP contribution in [0.1, 0.15) is 68.4 Å². The molecule has 2 aromatic carbocycles.